The molecule has 0 nitrogen and oxygen atoms in total. The van der Waals surface area contributed by atoms with E-state index in [1.807, 2.05) is 0 Å². The van der Waals surface area contributed by atoms with Gasteiger partial charge in [-0.25, -0.2) is 0 Å². The Morgan fingerprint density at radius 3 is 1.07 bits per heavy atom. The molecular weight excluding hydrogens is 1190 g/mol. The molecule has 0 amide bonds. The molecule has 12 aromatic carbocycles. The molecule has 506 valence electrons. The average Bonchev–Trinajstić information content (AvgIpc) is 0.784. The number of hydrogen-bond acceptors (Lipinski definition) is 0. The normalized spacial score (nSPS) is 12.2. The molecular formula is C99H110. The van der Waals surface area contributed by atoms with Crippen molar-refractivity contribution in [1.29, 1.82) is 0 Å². The van der Waals surface area contributed by atoms with E-state index in [2.05, 4.69) is 397 Å². The van der Waals surface area contributed by atoms with Crippen molar-refractivity contribution >= 4 is 0 Å². The largest absolute Gasteiger partial charge is 0.0622 e. The average molecular weight is 1300 g/mol. The van der Waals surface area contributed by atoms with Crippen molar-refractivity contribution in [2.24, 2.45) is 0 Å². The molecule has 99 heavy (non-hydrogen) atoms. The Morgan fingerprint density at radius 2 is 0.626 bits per heavy atom. The summed E-state index contributed by atoms with van der Waals surface area (Å²) in [4.78, 5) is 0. The highest BCUT2D eigenvalue weighted by atomic mass is 14.3. The van der Waals surface area contributed by atoms with Crippen LogP contribution in [-0.4, -0.2) is 0 Å². The highest BCUT2D eigenvalue weighted by Gasteiger charge is 2.22. The van der Waals surface area contributed by atoms with Gasteiger partial charge in [0.05, 0.1) is 0 Å². The van der Waals surface area contributed by atoms with E-state index in [1.165, 1.54) is 171 Å². The Bertz CT molecular complexity index is 4450. The van der Waals surface area contributed by atoms with Crippen LogP contribution in [0.5, 0.6) is 0 Å². The van der Waals surface area contributed by atoms with E-state index < -0.39 is 0 Å². The zero-order valence-corrected chi connectivity index (χ0v) is 62.8. The summed E-state index contributed by atoms with van der Waals surface area (Å²) in [5, 5.41) is 0. The summed E-state index contributed by atoms with van der Waals surface area (Å²) in [5.74, 6) is 1.81. The predicted molar refractivity (Wildman–Crippen MR) is 435 cm³/mol. The van der Waals surface area contributed by atoms with E-state index in [0.29, 0.717) is 11.8 Å². The van der Waals surface area contributed by atoms with E-state index in [1.54, 1.807) is 5.56 Å². The molecule has 13 rings (SSSR count). The number of benzene rings is 12. The summed E-state index contributed by atoms with van der Waals surface area (Å²) in [6, 6.07) is 101. The Morgan fingerprint density at radius 1 is 0.263 bits per heavy atom. The monoisotopic (exact) mass is 1300 g/mol. The van der Waals surface area contributed by atoms with E-state index in [9.17, 15) is 0 Å². The van der Waals surface area contributed by atoms with Gasteiger partial charge in [-0.15, -0.1) is 0 Å². The molecule has 1 saturated carbocycles. The lowest BCUT2D eigenvalue weighted by atomic mass is 9.80. The molecule has 0 spiro atoms. The van der Waals surface area contributed by atoms with Crippen LogP contribution in [0.25, 0.3) is 77.9 Å². The van der Waals surface area contributed by atoms with Crippen molar-refractivity contribution in [3.8, 4) is 77.9 Å². The first-order valence-corrected chi connectivity index (χ1v) is 36.4. The SMILES string of the molecule is Cc1cc(-c2ccccc2)cc(-c2c(C(C)C)cccc2C(C)C)c1.Cc1cc(-c2ccccc2)cc(C2CCCCC2)c1.Cc1cc(C)cc(-c2cc(C)cc(-c3ccccc3)c2)c1.Cc1ccc(-c2ccccc2)c(C(C)(C)C)c1.Cc1cccc(C(C)(C)C)c1-c1ccccc1. The van der Waals surface area contributed by atoms with Gasteiger partial charge in [-0.1, -0.05) is 378 Å². The van der Waals surface area contributed by atoms with Gasteiger partial charge in [0.25, 0.3) is 0 Å². The Hall–Kier alpha value is -9.36. The van der Waals surface area contributed by atoms with Crippen LogP contribution in [0.15, 0.2) is 279 Å². The number of hydrogen-bond donors (Lipinski definition) is 0. The minimum absolute atomic E-state index is 0.178. The second kappa shape index (κ2) is 34.4. The molecule has 1 aliphatic rings. The lowest BCUT2D eigenvalue weighted by molar-refractivity contribution is 0.443. The Balaban J connectivity index is 0.000000146. The summed E-state index contributed by atoms with van der Waals surface area (Å²) in [6.45, 7) is 38.0. The van der Waals surface area contributed by atoms with Crippen molar-refractivity contribution in [3.05, 3.63) is 346 Å². The maximum atomic E-state index is 2.42. The fraction of sp³-hybridized carbons (Fsp3) is 0.273. The molecule has 0 aliphatic heterocycles. The summed E-state index contributed by atoms with van der Waals surface area (Å²) >= 11 is 0. The second-order valence-corrected chi connectivity index (χ2v) is 30.5. The van der Waals surface area contributed by atoms with Crippen LogP contribution in [0, 0.1) is 48.5 Å². The fourth-order valence-electron chi connectivity index (χ4n) is 14.2. The van der Waals surface area contributed by atoms with Crippen LogP contribution in [0.4, 0.5) is 0 Å². The van der Waals surface area contributed by atoms with Gasteiger partial charge >= 0.3 is 0 Å². The van der Waals surface area contributed by atoms with Crippen LogP contribution in [0.2, 0.25) is 0 Å². The molecule has 0 N–H and O–H groups in total. The van der Waals surface area contributed by atoms with Crippen LogP contribution in [0.1, 0.15) is 186 Å². The minimum atomic E-state index is 0.178. The highest BCUT2D eigenvalue weighted by Crippen LogP contribution is 2.41. The summed E-state index contributed by atoms with van der Waals surface area (Å²) < 4.78 is 0. The van der Waals surface area contributed by atoms with Crippen molar-refractivity contribution in [2.45, 2.75) is 178 Å². The summed E-state index contributed by atoms with van der Waals surface area (Å²) in [6.07, 6.45) is 6.97. The Labute approximate surface area is 598 Å². The topological polar surface area (TPSA) is 0 Å². The molecule has 12 aromatic rings. The van der Waals surface area contributed by atoms with Crippen LogP contribution < -0.4 is 0 Å². The van der Waals surface area contributed by atoms with E-state index >= 15 is 0 Å². The fourth-order valence-corrected chi connectivity index (χ4v) is 14.2. The third-order valence-electron chi connectivity index (χ3n) is 19.1. The first kappa shape index (κ1) is 73.9. The summed E-state index contributed by atoms with van der Waals surface area (Å²) in [7, 11) is 0. The van der Waals surface area contributed by atoms with Gasteiger partial charge in [-0.05, 0) is 224 Å². The molecule has 0 atom stereocenters. The van der Waals surface area contributed by atoms with Gasteiger partial charge < -0.3 is 0 Å². The van der Waals surface area contributed by atoms with Crippen LogP contribution in [-0.2, 0) is 10.8 Å². The number of aryl methyl sites for hydroxylation is 7. The van der Waals surface area contributed by atoms with Gasteiger partial charge in [-0.3, -0.25) is 0 Å². The van der Waals surface area contributed by atoms with Crippen molar-refractivity contribution in [1.82, 2.24) is 0 Å². The first-order chi connectivity index (χ1) is 47.4. The smallest absolute Gasteiger partial charge is 0.0114 e. The van der Waals surface area contributed by atoms with E-state index in [4.69, 9.17) is 0 Å². The van der Waals surface area contributed by atoms with Crippen molar-refractivity contribution in [3.63, 3.8) is 0 Å². The third kappa shape index (κ3) is 20.6. The predicted octanol–water partition coefficient (Wildman–Crippen LogP) is 29.2. The maximum absolute atomic E-state index is 2.42. The van der Waals surface area contributed by atoms with Crippen molar-refractivity contribution < 1.29 is 0 Å². The molecule has 0 saturated heterocycles. The Kier molecular flexibility index (Phi) is 25.7. The first-order valence-electron chi connectivity index (χ1n) is 36.4. The highest BCUT2D eigenvalue weighted by molar-refractivity contribution is 5.80. The lowest BCUT2D eigenvalue weighted by Gasteiger charge is -2.24. The molecule has 1 fully saturated rings. The van der Waals surface area contributed by atoms with Gasteiger partial charge in [0.15, 0.2) is 0 Å². The molecule has 0 unspecified atom stereocenters. The molecule has 0 aromatic heterocycles. The zero-order valence-electron chi connectivity index (χ0n) is 62.8. The molecule has 0 heterocycles. The van der Waals surface area contributed by atoms with Gasteiger partial charge in [0.1, 0.15) is 0 Å². The standard InChI is InChI=1S/C25H28.C21H20.C19H22.2C17H20/c1-17(2)23-12-9-13-24(18(3)4)25(23)22-15-19(5)14-21(16-22)20-10-7-6-8-11-20;1-15-9-16(2)11-19(10-15)21-13-17(3)12-20(14-21)18-7-5-4-6-8-18;1-15-12-18(16-8-4-2-5-9-16)14-19(13-15)17-10-6-3-7-11-17;1-13-9-8-12-15(17(2,3)4)16(13)14-10-6-5-7-11-14;1-13-10-11-15(14-8-6-5-7-9-14)16(12-13)17(2,3)4/h6-18H,1-5H3;4-14H,1-3H3;2,4-5,8-9,12-14,17H,3,6-7,10-11H2,1H3;2*5-12H,1-4H3. The van der Waals surface area contributed by atoms with E-state index in [-0.39, 0.29) is 10.8 Å². The quantitative estimate of drug-likeness (QED) is 0.128. The maximum Gasteiger partial charge on any atom is -0.0114 e. The van der Waals surface area contributed by atoms with Crippen LogP contribution >= 0.6 is 0 Å². The minimum Gasteiger partial charge on any atom is -0.0622 e. The lowest BCUT2D eigenvalue weighted by Crippen LogP contribution is -2.13. The second-order valence-electron chi connectivity index (χ2n) is 30.5. The number of rotatable bonds is 10. The molecule has 0 bridgehead atoms. The molecule has 1 aliphatic carbocycles. The molecule has 0 heteroatoms. The third-order valence-corrected chi connectivity index (χ3v) is 19.1. The van der Waals surface area contributed by atoms with Crippen LogP contribution in [0.3, 0.4) is 0 Å². The van der Waals surface area contributed by atoms with Gasteiger partial charge in [0.2, 0.25) is 0 Å². The van der Waals surface area contributed by atoms with Gasteiger partial charge in [-0.2, -0.15) is 0 Å². The summed E-state index contributed by atoms with van der Waals surface area (Å²) in [5.41, 5.74) is 35.5. The zero-order chi connectivity index (χ0) is 70.8. The van der Waals surface area contributed by atoms with E-state index in [0.717, 1.165) is 5.92 Å². The van der Waals surface area contributed by atoms with Crippen molar-refractivity contribution in [2.75, 3.05) is 0 Å². The van der Waals surface area contributed by atoms with Gasteiger partial charge in [0, 0.05) is 0 Å². The molecule has 0 radical (unpaired) electrons.